The molecule has 1 aliphatic carbocycles. The summed E-state index contributed by atoms with van der Waals surface area (Å²) in [7, 11) is 0. The van der Waals surface area contributed by atoms with E-state index in [4.69, 9.17) is 9.73 Å². The predicted octanol–water partition coefficient (Wildman–Crippen LogP) is 2.84. The quantitative estimate of drug-likeness (QED) is 0.601. The lowest BCUT2D eigenvalue weighted by Crippen LogP contribution is -2.39. The molecule has 2 aliphatic rings. The van der Waals surface area contributed by atoms with Crippen LogP contribution in [0.25, 0.3) is 0 Å². The number of aliphatic imine (C=N–C) groups is 1. The summed E-state index contributed by atoms with van der Waals surface area (Å²) in [5.41, 5.74) is 1.71. The molecule has 1 aromatic carbocycles. The number of ether oxygens (including phenoxy) is 1. The van der Waals surface area contributed by atoms with Gasteiger partial charge in [0, 0.05) is 25.1 Å². The Morgan fingerprint density at radius 2 is 2.09 bits per heavy atom. The predicted molar refractivity (Wildman–Crippen MR) is 94.9 cm³/mol. The van der Waals surface area contributed by atoms with E-state index in [1.807, 2.05) is 0 Å². The number of nitrogens with zero attached hydrogens (tertiary/aromatic N) is 1. The van der Waals surface area contributed by atoms with Gasteiger partial charge in [-0.25, -0.2) is 0 Å². The van der Waals surface area contributed by atoms with Gasteiger partial charge in [0.15, 0.2) is 5.96 Å². The Balaban J connectivity index is 1.52. The van der Waals surface area contributed by atoms with Crippen molar-refractivity contribution in [2.24, 2.45) is 4.99 Å². The van der Waals surface area contributed by atoms with Crippen LogP contribution in [0.3, 0.4) is 0 Å². The number of nitrogens with one attached hydrogen (secondary N) is 2. The molecule has 1 saturated carbocycles. The van der Waals surface area contributed by atoms with Gasteiger partial charge in [0.2, 0.25) is 0 Å². The van der Waals surface area contributed by atoms with Crippen molar-refractivity contribution < 1.29 is 4.74 Å². The standard InChI is InChI=1S/C19H29N3O/c1-2-20-18(21-13-10-17-9-6-14-23-17)22-15-19(11-12-19)16-7-4-3-5-8-16/h3-5,7-8,17H,2,6,9-15H2,1H3,(H2,20,21,22). The molecule has 0 spiro atoms. The highest BCUT2D eigenvalue weighted by Crippen LogP contribution is 2.48. The molecule has 1 heterocycles. The molecular weight excluding hydrogens is 286 g/mol. The number of rotatable bonds is 7. The second kappa shape index (κ2) is 7.82. The molecule has 1 saturated heterocycles. The average molecular weight is 315 g/mol. The second-order valence-corrected chi connectivity index (χ2v) is 6.69. The van der Waals surface area contributed by atoms with E-state index in [0.717, 1.165) is 38.6 Å². The van der Waals surface area contributed by atoms with Gasteiger partial charge < -0.3 is 15.4 Å². The van der Waals surface area contributed by atoms with Gasteiger partial charge in [0.05, 0.1) is 12.6 Å². The molecular formula is C19H29N3O. The van der Waals surface area contributed by atoms with Gasteiger partial charge >= 0.3 is 0 Å². The second-order valence-electron chi connectivity index (χ2n) is 6.69. The zero-order valence-corrected chi connectivity index (χ0v) is 14.2. The summed E-state index contributed by atoms with van der Waals surface area (Å²) in [6, 6.07) is 10.8. The summed E-state index contributed by atoms with van der Waals surface area (Å²) in [5.74, 6) is 0.938. The first-order valence-corrected chi connectivity index (χ1v) is 9.02. The van der Waals surface area contributed by atoms with Crippen molar-refractivity contribution in [3.63, 3.8) is 0 Å². The molecule has 23 heavy (non-hydrogen) atoms. The molecule has 0 radical (unpaired) electrons. The lowest BCUT2D eigenvalue weighted by atomic mass is 9.96. The van der Waals surface area contributed by atoms with Gasteiger partial charge in [-0.15, -0.1) is 0 Å². The summed E-state index contributed by atoms with van der Waals surface area (Å²) < 4.78 is 5.68. The largest absolute Gasteiger partial charge is 0.378 e. The van der Waals surface area contributed by atoms with Crippen LogP contribution < -0.4 is 10.6 Å². The van der Waals surface area contributed by atoms with E-state index in [1.165, 1.54) is 31.2 Å². The monoisotopic (exact) mass is 315 g/mol. The van der Waals surface area contributed by atoms with E-state index in [9.17, 15) is 0 Å². The van der Waals surface area contributed by atoms with Crippen molar-refractivity contribution in [1.29, 1.82) is 0 Å². The number of benzene rings is 1. The maximum Gasteiger partial charge on any atom is 0.191 e. The molecule has 0 bridgehead atoms. The topological polar surface area (TPSA) is 45.7 Å². The van der Waals surface area contributed by atoms with E-state index in [2.05, 4.69) is 47.9 Å². The van der Waals surface area contributed by atoms with Crippen molar-refractivity contribution >= 4 is 5.96 Å². The molecule has 1 atom stereocenters. The zero-order valence-electron chi connectivity index (χ0n) is 14.2. The Bertz CT molecular complexity index is 505. The van der Waals surface area contributed by atoms with Gasteiger partial charge in [0.25, 0.3) is 0 Å². The van der Waals surface area contributed by atoms with E-state index in [1.54, 1.807) is 0 Å². The van der Waals surface area contributed by atoms with E-state index >= 15 is 0 Å². The van der Waals surface area contributed by atoms with Gasteiger partial charge in [0.1, 0.15) is 0 Å². The maximum atomic E-state index is 5.68. The molecule has 4 nitrogen and oxygen atoms in total. The Morgan fingerprint density at radius 3 is 2.74 bits per heavy atom. The van der Waals surface area contributed by atoms with Crippen molar-refractivity contribution in [3.8, 4) is 0 Å². The van der Waals surface area contributed by atoms with Crippen molar-refractivity contribution in [1.82, 2.24) is 10.6 Å². The van der Waals surface area contributed by atoms with Crippen LogP contribution in [0.1, 0.15) is 44.6 Å². The third-order valence-corrected chi connectivity index (χ3v) is 4.91. The van der Waals surface area contributed by atoms with Crippen LogP contribution in [0.2, 0.25) is 0 Å². The summed E-state index contributed by atoms with van der Waals surface area (Å²) in [5, 5.41) is 6.82. The molecule has 2 fully saturated rings. The molecule has 0 aromatic heterocycles. The summed E-state index contributed by atoms with van der Waals surface area (Å²) in [4.78, 5) is 4.84. The summed E-state index contributed by atoms with van der Waals surface area (Å²) in [6.45, 7) is 5.73. The highest BCUT2D eigenvalue weighted by atomic mass is 16.5. The lowest BCUT2D eigenvalue weighted by molar-refractivity contribution is 0.105. The number of hydrogen-bond donors (Lipinski definition) is 2. The van der Waals surface area contributed by atoms with Gasteiger partial charge in [-0.05, 0) is 44.6 Å². The van der Waals surface area contributed by atoms with Crippen LogP contribution in [-0.2, 0) is 10.2 Å². The summed E-state index contributed by atoms with van der Waals surface area (Å²) >= 11 is 0. The van der Waals surface area contributed by atoms with Crippen LogP contribution in [0, 0.1) is 0 Å². The SMILES string of the molecule is CCNC(=NCC1(c2ccccc2)CC1)NCCC1CCCO1. The highest BCUT2D eigenvalue weighted by Gasteiger charge is 2.43. The fourth-order valence-electron chi connectivity index (χ4n) is 3.28. The number of hydrogen-bond acceptors (Lipinski definition) is 2. The van der Waals surface area contributed by atoms with E-state index < -0.39 is 0 Å². The first kappa shape index (κ1) is 16.3. The summed E-state index contributed by atoms with van der Waals surface area (Å²) in [6.07, 6.45) is 6.40. The van der Waals surface area contributed by atoms with Crippen LogP contribution in [-0.4, -0.2) is 38.3 Å². The minimum absolute atomic E-state index is 0.276. The Morgan fingerprint density at radius 1 is 1.26 bits per heavy atom. The molecule has 1 unspecified atom stereocenters. The van der Waals surface area contributed by atoms with Crippen molar-refractivity contribution in [2.75, 3.05) is 26.2 Å². The molecule has 126 valence electrons. The molecule has 1 aliphatic heterocycles. The van der Waals surface area contributed by atoms with Crippen molar-refractivity contribution in [3.05, 3.63) is 35.9 Å². The minimum Gasteiger partial charge on any atom is -0.378 e. The molecule has 2 N–H and O–H groups in total. The first-order valence-electron chi connectivity index (χ1n) is 9.02. The van der Waals surface area contributed by atoms with Crippen LogP contribution in [0.15, 0.2) is 35.3 Å². The average Bonchev–Trinajstić information content (AvgIpc) is 3.21. The van der Waals surface area contributed by atoms with Gasteiger partial charge in [-0.3, -0.25) is 4.99 Å². The Labute approximate surface area is 139 Å². The fourth-order valence-corrected chi connectivity index (χ4v) is 3.28. The smallest absolute Gasteiger partial charge is 0.191 e. The lowest BCUT2D eigenvalue weighted by Gasteiger charge is -2.16. The van der Waals surface area contributed by atoms with Crippen LogP contribution in [0.4, 0.5) is 0 Å². The van der Waals surface area contributed by atoms with Gasteiger partial charge in [-0.1, -0.05) is 30.3 Å². The minimum atomic E-state index is 0.276. The molecule has 3 rings (SSSR count). The Kier molecular flexibility index (Phi) is 5.55. The third kappa shape index (κ3) is 4.47. The van der Waals surface area contributed by atoms with Crippen LogP contribution in [0.5, 0.6) is 0 Å². The number of guanidine groups is 1. The third-order valence-electron chi connectivity index (χ3n) is 4.91. The fraction of sp³-hybridized carbons (Fsp3) is 0.632. The highest BCUT2D eigenvalue weighted by molar-refractivity contribution is 5.79. The first-order chi connectivity index (χ1) is 11.3. The Hall–Kier alpha value is -1.55. The maximum absolute atomic E-state index is 5.68. The normalized spacial score (nSPS) is 22.8. The molecule has 0 amide bonds. The van der Waals surface area contributed by atoms with Gasteiger partial charge in [-0.2, -0.15) is 0 Å². The van der Waals surface area contributed by atoms with Crippen LogP contribution >= 0.6 is 0 Å². The van der Waals surface area contributed by atoms with Crippen molar-refractivity contribution in [2.45, 2.75) is 50.5 Å². The zero-order chi connectivity index (χ0) is 16.0. The molecule has 4 heteroatoms. The van der Waals surface area contributed by atoms with E-state index in [0.29, 0.717) is 6.10 Å². The molecule has 1 aromatic rings. The van der Waals surface area contributed by atoms with E-state index in [-0.39, 0.29) is 5.41 Å².